The van der Waals surface area contributed by atoms with Gasteiger partial charge in [0.05, 0.1) is 12.6 Å². The van der Waals surface area contributed by atoms with Crippen LogP contribution in [0.3, 0.4) is 0 Å². The molecule has 0 fully saturated rings. The zero-order chi connectivity index (χ0) is 24.0. The molecule has 33 heavy (non-hydrogen) atoms. The average molecular weight is 462 g/mol. The Morgan fingerprint density at radius 1 is 0.576 bits per heavy atom. The van der Waals surface area contributed by atoms with Crippen LogP contribution < -0.4 is 4.57 Å². The van der Waals surface area contributed by atoms with Crippen LogP contribution in [0.15, 0.2) is 12.4 Å². The van der Waals surface area contributed by atoms with Gasteiger partial charge in [-0.25, -0.2) is 9.13 Å². The molecule has 0 aliphatic carbocycles. The van der Waals surface area contributed by atoms with Crippen molar-refractivity contribution in [3.63, 3.8) is 0 Å². The molecule has 0 saturated heterocycles. The standard InChI is InChI=1S/C31H61N2/c1-5-7-9-11-13-15-16-17-18-20-22-24-26-31-32(28-29-33(31)30(3)4)27-25-23-21-19-14-12-10-8-6-2/h28-30H,5-27H2,1-4H3/q+1. The van der Waals surface area contributed by atoms with Crippen molar-refractivity contribution in [3.05, 3.63) is 18.2 Å². The highest BCUT2D eigenvalue weighted by molar-refractivity contribution is 4.86. The van der Waals surface area contributed by atoms with E-state index >= 15 is 0 Å². The molecule has 0 aliphatic rings. The Hall–Kier alpha value is -0.790. The van der Waals surface area contributed by atoms with Gasteiger partial charge in [-0.2, -0.15) is 0 Å². The summed E-state index contributed by atoms with van der Waals surface area (Å²) >= 11 is 0. The van der Waals surface area contributed by atoms with Crippen LogP contribution in [0.5, 0.6) is 0 Å². The summed E-state index contributed by atoms with van der Waals surface area (Å²) in [6.07, 6.45) is 35.8. The van der Waals surface area contributed by atoms with Gasteiger partial charge >= 0.3 is 0 Å². The van der Waals surface area contributed by atoms with E-state index in [9.17, 15) is 0 Å². The summed E-state index contributed by atoms with van der Waals surface area (Å²) < 4.78 is 5.09. The Morgan fingerprint density at radius 3 is 1.39 bits per heavy atom. The van der Waals surface area contributed by atoms with E-state index in [0.29, 0.717) is 6.04 Å². The van der Waals surface area contributed by atoms with Crippen molar-refractivity contribution in [2.45, 2.75) is 182 Å². The number of nitrogens with zero attached hydrogens (tertiary/aromatic N) is 2. The highest BCUT2D eigenvalue weighted by Crippen LogP contribution is 2.15. The molecule has 0 spiro atoms. The third-order valence-electron chi connectivity index (χ3n) is 7.35. The van der Waals surface area contributed by atoms with Crippen molar-refractivity contribution in [3.8, 4) is 0 Å². The fourth-order valence-corrected chi connectivity index (χ4v) is 5.14. The molecule has 194 valence electrons. The van der Waals surface area contributed by atoms with Gasteiger partial charge < -0.3 is 0 Å². The van der Waals surface area contributed by atoms with Gasteiger partial charge in [0.25, 0.3) is 5.82 Å². The van der Waals surface area contributed by atoms with Crippen LogP contribution in [0.2, 0.25) is 0 Å². The Kier molecular flexibility index (Phi) is 19.9. The molecule has 2 heteroatoms. The number of rotatable bonds is 24. The second-order valence-corrected chi connectivity index (χ2v) is 10.9. The summed E-state index contributed by atoms with van der Waals surface area (Å²) in [4.78, 5) is 0. The molecule has 0 radical (unpaired) electrons. The molecule has 1 aromatic rings. The minimum Gasteiger partial charge on any atom is -0.234 e. The molecule has 0 saturated carbocycles. The first-order chi connectivity index (χ1) is 16.2. The topological polar surface area (TPSA) is 8.81 Å². The summed E-state index contributed by atoms with van der Waals surface area (Å²) in [5.74, 6) is 1.57. The third kappa shape index (κ3) is 15.7. The molecule has 0 N–H and O–H groups in total. The maximum absolute atomic E-state index is 2.57. The Morgan fingerprint density at radius 2 is 0.970 bits per heavy atom. The van der Waals surface area contributed by atoms with Gasteiger partial charge in [0.1, 0.15) is 12.4 Å². The van der Waals surface area contributed by atoms with Gasteiger partial charge in [-0.1, -0.05) is 129 Å². The van der Waals surface area contributed by atoms with Crippen molar-refractivity contribution in [2.75, 3.05) is 0 Å². The summed E-state index contributed by atoms with van der Waals surface area (Å²) in [5, 5.41) is 0. The van der Waals surface area contributed by atoms with E-state index in [2.05, 4.69) is 49.2 Å². The molecule has 0 aliphatic heterocycles. The van der Waals surface area contributed by atoms with E-state index in [4.69, 9.17) is 0 Å². The van der Waals surface area contributed by atoms with Gasteiger partial charge in [0.15, 0.2) is 0 Å². The first kappa shape index (κ1) is 30.2. The summed E-state index contributed by atoms with van der Waals surface area (Å²) in [7, 11) is 0. The average Bonchev–Trinajstić information content (AvgIpc) is 3.21. The molecule has 1 heterocycles. The molecule has 1 aromatic heterocycles. The van der Waals surface area contributed by atoms with Crippen molar-refractivity contribution in [1.82, 2.24) is 4.57 Å². The van der Waals surface area contributed by atoms with E-state index < -0.39 is 0 Å². The van der Waals surface area contributed by atoms with Crippen LogP contribution in [-0.2, 0) is 13.0 Å². The molecule has 0 unspecified atom stereocenters. The number of aromatic nitrogens is 2. The zero-order valence-electron chi connectivity index (χ0n) is 23.4. The third-order valence-corrected chi connectivity index (χ3v) is 7.35. The lowest BCUT2D eigenvalue weighted by molar-refractivity contribution is -0.704. The minimum absolute atomic E-state index is 0.571. The Bertz CT molecular complexity index is 531. The predicted molar refractivity (Wildman–Crippen MR) is 147 cm³/mol. The van der Waals surface area contributed by atoms with E-state index in [1.807, 2.05) is 0 Å². The lowest BCUT2D eigenvalue weighted by Gasteiger charge is -2.08. The van der Waals surface area contributed by atoms with Crippen LogP contribution in [-0.4, -0.2) is 4.57 Å². The number of aryl methyl sites for hydroxylation is 1. The lowest BCUT2D eigenvalue weighted by Crippen LogP contribution is -2.37. The fourth-order valence-electron chi connectivity index (χ4n) is 5.14. The number of hydrogen-bond donors (Lipinski definition) is 0. The predicted octanol–water partition coefficient (Wildman–Crippen LogP) is 10.1. The van der Waals surface area contributed by atoms with Crippen LogP contribution in [0.4, 0.5) is 0 Å². The summed E-state index contributed by atoms with van der Waals surface area (Å²) in [6.45, 7) is 10.5. The number of unbranched alkanes of at least 4 members (excludes halogenated alkanes) is 19. The van der Waals surface area contributed by atoms with Gasteiger partial charge in [-0.05, 0) is 33.1 Å². The molecular weight excluding hydrogens is 400 g/mol. The van der Waals surface area contributed by atoms with Crippen molar-refractivity contribution in [1.29, 1.82) is 0 Å². The van der Waals surface area contributed by atoms with Crippen molar-refractivity contribution in [2.24, 2.45) is 0 Å². The maximum Gasteiger partial charge on any atom is 0.256 e. The quantitative estimate of drug-likeness (QED) is 0.107. The summed E-state index contributed by atoms with van der Waals surface area (Å²) in [5.41, 5.74) is 0. The van der Waals surface area contributed by atoms with Crippen LogP contribution in [0.25, 0.3) is 0 Å². The van der Waals surface area contributed by atoms with E-state index in [1.165, 1.54) is 148 Å². The molecule has 1 rings (SSSR count). The molecule has 2 nitrogen and oxygen atoms in total. The molecule has 0 amide bonds. The van der Waals surface area contributed by atoms with Crippen molar-refractivity contribution >= 4 is 0 Å². The smallest absolute Gasteiger partial charge is 0.234 e. The minimum atomic E-state index is 0.571. The van der Waals surface area contributed by atoms with Gasteiger partial charge in [0.2, 0.25) is 0 Å². The maximum atomic E-state index is 2.57. The molecule has 0 bridgehead atoms. The SMILES string of the molecule is CCCCCCCCCCCCCCc1n(C(C)C)cc[n+]1CCCCCCCCCCC. The lowest BCUT2D eigenvalue weighted by atomic mass is 10.0. The first-order valence-electron chi connectivity index (χ1n) is 15.3. The highest BCUT2D eigenvalue weighted by atomic mass is 15.2. The van der Waals surface area contributed by atoms with E-state index in [1.54, 1.807) is 5.82 Å². The largest absolute Gasteiger partial charge is 0.256 e. The number of hydrogen-bond acceptors (Lipinski definition) is 0. The van der Waals surface area contributed by atoms with Crippen LogP contribution in [0, 0.1) is 0 Å². The molecule has 0 aromatic carbocycles. The van der Waals surface area contributed by atoms with Gasteiger partial charge in [-0.15, -0.1) is 0 Å². The highest BCUT2D eigenvalue weighted by Gasteiger charge is 2.18. The monoisotopic (exact) mass is 461 g/mol. The molecule has 0 atom stereocenters. The van der Waals surface area contributed by atoms with Crippen LogP contribution in [0.1, 0.15) is 174 Å². The van der Waals surface area contributed by atoms with Gasteiger partial charge in [0, 0.05) is 6.42 Å². The zero-order valence-corrected chi connectivity index (χ0v) is 23.4. The van der Waals surface area contributed by atoms with E-state index in [0.717, 1.165) is 0 Å². The van der Waals surface area contributed by atoms with Gasteiger partial charge in [-0.3, -0.25) is 0 Å². The first-order valence-corrected chi connectivity index (χ1v) is 15.3. The second-order valence-electron chi connectivity index (χ2n) is 10.9. The van der Waals surface area contributed by atoms with Crippen molar-refractivity contribution < 1.29 is 4.57 Å². The second kappa shape index (κ2) is 21.7. The normalized spacial score (nSPS) is 11.7. The Labute approximate surface area is 208 Å². The van der Waals surface area contributed by atoms with Crippen LogP contribution >= 0.6 is 0 Å². The Balaban J connectivity index is 2.15. The molecular formula is C31H61N2+. The summed E-state index contributed by atoms with van der Waals surface area (Å²) in [6, 6.07) is 0.571. The van der Waals surface area contributed by atoms with E-state index in [-0.39, 0.29) is 0 Å². The fraction of sp³-hybridized carbons (Fsp3) is 0.903. The number of imidazole rings is 1.